The highest BCUT2D eigenvalue weighted by molar-refractivity contribution is 7.98. The summed E-state index contributed by atoms with van der Waals surface area (Å²) >= 11 is 1.73. The normalized spacial score (nSPS) is 17.5. The van der Waals surface area contributed by atoms with Crippen molar-refractivity contribution in [2.45, 2.75) is 36.7 Å². The van der Waals surface area contributed by atoms with Crippen LogP contribution in [0.5, 0.6) is 11.5 Å². The van der Waals surface area contributed by atoms with Crippen LogP contribution in [0.15, 0.2) is 17.0 Å². The zero-order valence-electron chi connectivity index (χ0n) is 13.3. The van der Waals surface area contributed by atoms with Gasteiger partial charge >= 0.3 is 0 Å². The van der Waals surface area contributed by atoms with Gasteiger partial charge in [-0.05, 0) is 43.7 Å². The van der Waals surface area contributed by atoms with Gasteiger partial charge in [0.25, 0.3) is 0 Å². The Morgan fingerprint density at radius 3 is 2.38 bits per heavy atom. The first-order valence-electron chi connectivity index (χ1n) is 7.23. The Bertz CT molecular complexity index is 473. The lowest BCUT2D eigenvalue weighted by molar-refractivity contribution is 0.0445. The summed E-state index contributed by atoms with van der Waals surface area (Å²) in [6, 6.07) is 4.12. The third-order valence-corrected chi connectivity index (χ3v) is 4.91. The molecular weight excluding hydrogens is 286 g/mol. The fourth-order valence-corrected chi connectivity index (χ4v) is 3.16. The molecule has 1 saturated heterocycles. The molecular formula is C16H25NO3S. The number of methoxy groups -OCH3 is 2. The number of hydrogen-bond acceptors (Lipinski definition) is 5. The molecule has 0 amide bonds. The molecule has 0 spiro atoms. The molecule has 0 aromatic heterocycles. The molecule has 1 aromatic rings. The van der Waals surface area contributed by atoms with Crippen LogP contribution in [-0.4, -0.2) is 39.2 Å². The number of thioether (sulfide) groups is 1. The second-order valence-corrected chi connectivity index (χ2v) is 6.39. The lowest BCUT2D eigenvalue weighted by atomic mass is 9.92. The van der Waals surface area contributed by atoms with Gasteiger partial charge in [-0.2, -0.15) is 0 Å². The molecule has 1 aliphatic heterocycles. The Morgan fingerprint density at radius 2 is 1.81 bits per heavy atom. The van der Waals surface area contributed by atoms with E-state index in [2.05, 4.69) is 24.6 Å². The Kier molecular flexibility index (Phi) is 5.79. The number of nitrogens with one attached hydrogen (secondary N) is 1. The van der Waals surface area contributed by atoms with Crippen LogP contribution in [0.1, 0.15) is 25.3 Å². The van der Waals surface area contributed by atoms with Crippen molar-refractivity contribution in [2.24, 2.45) is 0 Å². The van der Waals surface area contributed by atoms with E-state index in [0.29, 0.717) is 0 Å². The molecule has 0 bridgehead atoms. The third-order valence-electron chi connectivity index (χ3n) is 4.09. The topological polar surface area (TPSA) is 39.7 Å². The molecule has 1 heterocycles. The highest BCUT2D eigenvalue weighted by atomic mass is 32.2. The predicted octanol–water partition coefficient (Wildman–Crippen LogP) is 3.08. The lowest BCUT2D eigenvalue weighted by Crippen LogP contribution is -2.46. The van der Waals surface area contributed by atoms with E-state index < -0.39 is 0 Å². The van der Waals surface area contributed by atoms with Crippen molar-refractivity contribution in [3.05, 3.63) is 17.7 Å². The van der Waals surface area contributed by atoms with Crippen molar-refractivity contribution in [3.8, 4) is 11.5 Å². The first kappa shape index (κ1) is 16.5. The van der Waals surface area contributed by atoms with Crippen molar-refractivity contribution in [2.75, 3.05) is 33.7 Å². The maximum absolute atomic E-state index is 5.45. The van der Waals surface area contributed by atoms with Gasteiger partial charge in [0.15, 0.2) is 11.5 Å². The van der Waals surface area contributed by atoms with Gasteiger partial charge in [-0.3, -0.25) is 0 Å². The highest BCUT2D eigenvalue weighted by Crippen LogP contribution is 2.35. The summed E-state index contributed by atoms with van der Waals surface area (Å²) in [5.41, 5.74) is 1.40. The lowest BCUT2D eigenvalue weighted by Gasteiger charge is -2.35. The summed E-state index contributed by atoms with van der Waals surface area (Å²) < 4.78 is 16.2. The van der Waals surface area contributed by atoms with Crippen LogP contribution >= 0.6 is 11.8 Å². The van der Waals surface area contributed by atoms with Crippen LogP contribution in [0, 0.1) is 0 Å². The predicted molar refractivity (Wildman–Crippen MR) is 86.6 cm³/mol. The summed E-state index contributed by atoms with van der Waals surface area (Å²) in [5, 5.41) is 3.69. The highest BCUT2D eigenvalue weighted by Gasteiger charge is 2.26. The van der Waals surface area contributed by atoms with Crippen LogP contribution < -0.4 is 14.8 Å². The number of rotatable bonds is 6. The average Bonchev–Trinajstić information content (AvgIpc) is 2.52. The summed E-state index contributed by atoms with van der Waals surface area (Å²) in [4.78, 5) is 1.22. The molecule has 0 aliphatic carbocycles. The van der Waals surface area contributed by atoms with Crippen LogP contribution in [0.4, 0.5) is 0 Å². The second-order valence-electron chi connectivity index (χ2n) is 5.55. The monoisotopic (exact) mass is 311 g/mol. The maximum Gasteiger partial charge on any atom is 0.161 e. The molecule has 0 saturated carbocycles. The van der Waals surface area contributed by atoms with E-state index >= 15 is 0 Å². The molecule has 118 valence electrons. The van der Waals surface area contributed by atoms with E-state index in [1.54, 1.807) is 26.0 Å². The first-order chi connectivity index (χ1) is 10.1. The van der Waals surface area contributed by atoms with E-state index in [-0.39, 0.29) is 5.54 Å². The van der Waals surface area contributed by atoms with Gasteiger partial charge in [-0.1, -0.05) is 0 Å². The largest absolute Gasteiger partial charge is 0.493 e. The zero-order chi connectivity index (χ0) is 15.3. The minimum Gasteiger partial charge on any atom is -0.493 e. The van der Waals surface area contributed by atoms with Gasteiger partial charge in [0.2, 0.25) is 0 Å². The zero-order valence-corrected chi connectivity index (χ0v) is 14.1. The smallest absolute Gasteiger partial charge is 0.161 e. The van der Waals surface area contributed by atoms with Crippen molar-refractivity contribution in [1.29, 1.82) is 0 Å². The van der Waals surface area contributed by atoms with E-state index in [1.165, 1.54) is 10.5 Å². The number of hydrogen-bond donors (Lipinski definition) is 1. The van der Waals surface area contributed by atoms with Gasteiger partial charge in [0.05, 0.1) is 14.2 Å². The Morgan fingerprint density at radius 1 is 1.19 bits per heavy atom. The van der Waals surface area contributed by atoms with Crippen molar-refractivity contribution in [3.63, 3.8) is 0 Å². The molecule has 1 N–H and O–H groups in total. The molecule has 1 fully saturated rings. The second kappa shape index (κ2) is 7.38. The molecule has 0 radical (unpaired) electrons. The van der Waals surface area contributed by atoms with E-state index in [4.69, 9.17) is 14.2 Å². The first-order valence-corrected chi connectivity index (χ1v) is 8.46. The minimum absolute atomic E-state index is 0.154. The molecule has 5 heteroatoms. The van der Waals surface area contributed by atoms with Gasteiger partial charge in [0.1, 0.15) is 0 Å². The fraction of sp³-hybridized carbons (Fsp3) is 0.625. The van der Waals surface area contributed by atoms with Gasteiger partial charge in [-0.25, -0.2) is 0 Å². The Hall–Kier alpha value is -0.910. The van der Waals surface area contributed by atoms with Crippen molar-refractivity contribution < 1.29 is 14.2 Å². The molecule has 0 unspecified atom stereocenters. The van der Waals surface area contributed by atoms with E-state index in [0.717, 1.165) is 44.1 Å². The van der Waals surface area contributed by atoms with Gasteiger partial charge in [-0.15, -0.1) is 11.8 Å². The molecule has 1 aliphatic rings. The van der Waals surface area contributed by atoms with E-state index in [9.17, 15) is 0 Å². The van der Waals surface area contributed by atoms with Crippen LogP contribution in [0.3, 0.4) is 0 Å². The Balaban J connectivity index is 2.14. The van der Waals surface area contributed by atoms with Crippen molar-refractivity contribution in [1.82, 2.24) is 5.32 Å². The molecule has 1 aromatic carbocycles. The average molecular weight is 311 g/mol. The SMILES string of the molecule is COc1cc(CNC2(C)CCOCC2)c(SC)cc1OC. The number of benzene rings is 1. The maximum atomic E-state index is 5.45. The summed E-state index contributed by atoms with van der Waals surface area (Å²) in [6.07, 6.45) is 4.19. The van der Waals surface area contributed by atoms with E-state index in [1.807, 2.05) is 6.07 Å². The summed E-state index contributed by atoms with van der Waals surface area (Å²) in [5.74, 6) is 1.56. The van der Waals surface area contributed by atoms with Crippen LogP contribution in [-0.2, 0) is 11.3 Å². The molecule has 2 rings (SSSR count). The molecule has 0 atom stereocenters. The number of ether oxygens (including phenoxy) is 3. The minimum atomic E-state index is 0.154. The van der Waals surface area contributed by atoms with Gasteiger partial charge in [0, 0.05) is 30.2 Å². The van der Waals surface area contributed by atoms with Crippen LogP contribution in [0.2, 0.25) is 0 Å². The summed E-state index contributed by atoms with van der Waals surface area (Å²) in [7, 11) is 3.34. The van der Waals surface area contributed by atoms with Crippen LogP contribution in [0.25, 0.3) is 0 Å². The summed E-state index contributed by atoms with van der Waals surface area (Å²) in [6.45, 7) is 4.78. The quantitative estimate of drug-likeness (QED) is 0.818. The molecule has 21 heavy (non-hydrogen) atoms. The standard InChI is InChI=1S/C16H25NO3S/c1-16(5-7-20-8-6-16)17-11-12-9-13(18-2)14(19-3)10-15(12)21-4/h9-10,17H,5-8,11H2,1-4H3. The van der Waals surface area contributed by atoms with Gasteiger partial charge < -0.3 is 19.5 Å². The fourth-order valence-electron chi connectivity index (χ4n) is 2.54. The molecule has 4 nitrogen and oxygen atoms in total. The third kappa shape index (κ3) is 4.05. The van der Waals surface area contributed by atoms with Crippen molar-refractivity contribution >= 4 is 11.8 Å². The Labute approximate surface area is 131 Å².